The number of rotatable bonds is 4. The Kier molecular flexibility index (Phi) is 3.83. The van der Waals surface area contributed by atoms with Gasteiger partial charge in [-0.2, -0.15) is 0 Å². The first kappa shape index (κ1) is 13.9. The second-order valence-corrected chi connectivity index (χ2v) is 5.61. The average Bonchev–Trinajstić information content (AvgIpc) is 2.82. The molecule has 0 spiro atoms. The molecular weight excluding hydrogens is 270 g/mol. The Balaban J connectivity index is 1.57. The molecule has 2 amide bonds. The van der Waals surface area contributed by atoms with Gasteiger partial charge in [0.2, 0.25) is 5.91 Å². The fraction of sp³-hybridized carbons (Fsp3) is 0.571. The fourth-order valence-corrected chi connectivity index (χ4v) is 3.08. The third-order valence-corrected chi connectivity index (χ3v) is 4.20. The van der Waals surface area contributed by atoms with Gasteiger partial charge in [0.15, 0.2) is 0 Å². The molecule has 2 unspecified atom stereocenters. The number of carbonyl (C=O) groups excluding carboxylic acids is 2. The first-order valence-corrected chi connectivity index (χ1v) is 7.30. The lowest BCUT2D eigenvalue weighted by molar-refractivity contribution is -0.131. The molecule has 0 bridgehead atoms. The number of piperidine rings is 1. The van der Waals surface area contributed by atoms with E-state index < -0.39 is 5.91 Å². The van der Waals surface area contributed by atoms with Crippen molar-refractivity contribution >= 4 is 11.8 Å². The van der Waals surface area contributed by atoms with Crippen molar-refractivity contribution < 1.29 is 9.59 Å². The van der Waals surface area contributed by atoms with Gasteiger partial charge in [0.1, 0.15) is 5.69 Å². The van der Waals surface area contributed by atoms with E-state index in [0.29, 0.717) is 18.3 Å². The normalized spacial score (nSPS) is 25.0. The molecule has 112 valence electrons. The van der Waals surface area contributed by atoms with Crippen LogP contribution in [0.1, 0.15) is 41.9 Å². The number of hydrogen-bond donors (Lipinski definition) is 2. The van der Waals surface area contributed by atoms with Crippen molar-refractivity contribution in [3.63, 3.8) is 0 Å². The summed E-state index contributed by atoms with van der Waals surface area (Å²) in [5.41, 5.74) is 5.95. The van der Waals surface area contributed by atoms with E-state index in [9.17, 15) is 9.59 Å². The Morgan fingerprint density at radius 1 is 1.38 bits per heavy atom. The van der Waals surface area contributed by atoms with Gasteiger partial charge in [-0.05, 0) is 25.7 Å². The summed E-state index contributed by atoms with van der Waals surface area (Å²) in [5.74, 6) is -0.397. The lowest BCUT2D eigenvalue weighted by Crippen LogP contribution is -2.41. The van der Waals surface area contributed by atoms with Crippen LogP contribution in [0, 0.1) is 0 Å². The molecular formula is C14H19N5O2. The molecule has 2 aliphatic rings. The SMILES string of the molecule is NC(=O)c1cnc(CNC2CC3CCCCN3C2=O)cn1. The third kappa shape index (κ3) is 2.87. The van der Waals surface area contributed by atoms with Crippen LogP contribution in [-0.2, 0) is 11.3 Å². The molecule has 3 N–H and O–H groups in total. The van der Waals surface area contributed by atoms with E-state index in [2.05, 4.69) is 15.3 Å². The number of hydrogen-bond acceptors (Lipinski definition) is 5. The summed E-state index contributed by atoms with van der Waals surface area (Å²) in [6, 6.07) is 0.262. The van der Waals surface area contributed by atoms with Gasteiger partial charge in [-0.3, -0.25) is 14.6 Å². The number of aromatic nitrogens is 2. The van der Waals surface area contributed by atoms with Crippen LogP contribution in [0.5, 0.6) is 0 Å². The molecule has 21 heavy (non-hydrogen) atoms. The summed E-state index contributed by atoms with van der Waals surface area (Å²) >= 11 is 0. The highest BCUT2D eigenvalue weighted by Crippen LogP contribution is 2.28. The van der Waals surface area contributed by atoms with Crippen LogP contribution in [0.2, 0.25) is 0 Å². The van der Waals surface area contributed by atoms with Gasteiger partial charge in [0.05, 0.1) is 24.1 Å². The molecule has 2 aliphatic heterocycles. The number of nitrogens with one attached hydrogen (secondary N) is 1. The maximum atomic E-state index is 12.3. The van der Waals surface area contributed by atoms with Crippen molar-refractivity contribution in [2.45, 2.75) is 44.3 Å². The minimum absolute atomic E-state index is 0.134. The van der Waals surface area contributed by atoms with Crippen LogP contribution in [0.15, 0.2) is 12.4 Å². The highest BCUT2D eigenvalue weighted by Gasteiger charge is 2.39. The van der Waals surface area contributed by atoms with Crippen molar-refractivity contribution in [2.75, 3.05) is 6.54 Å². The topological polar surface area (TPSA) is 101 Å². The number of fused-ring (bicyclic) bond motifs is 1. The van der Waals surface area contributed by atoms with E-state index in [4.69, 9.17) is 5.73 Å². The molecule has 1 aromatic rings. The number of nitrogens with zero attached hydrogens (tertiary/aromatic N) is 3. The van der Waals surface area contributed by atoms with Crippen LogP contribution in [0.4, 0.5) is 0 Å². The Hall–Kier alpha value is -2.02. The van der Waals surface area contributed by atoms with E-state index in [0.717, 1.165) is 25.8 Å². The lowest BCUT2D eigenvalue weighted by atomic mass is 10.0. The van der Waals surface area contributed by atoms with Crippen LogP contribution in [0.3, 0.4) is 0 Å². The molecule has 0 radical (unpaired) electrons. The largest absolute Gasteiger partial charge is 0.364 e. The van der Waals surface area contributed by atoms with Gasteiger partial charge in [0.25, 0.3) is 5.91 Å². The molecule has 7 heteroatoms. The average molecular weight is 289 g/mol. The molecule has 1 aromatic heterocycles. The van der Waals surface area contributed by atoms with E-state index in [1.165, 1.54) is 18.8 Å². The summed E-state index contributed by atoms with van der Waals surface area (Å²) in [6.45, 7) is 1.35. The molecule has 2 saturated heterocycles. The molecule has 3 rings (SSSR count). The molecule has 3 heterocycles. The van der Waals surface area contributed by atoms with Crippen molar-refractivity contribution in [1.82, 2.24) is 20.2 Å². The van der Waals surface area contributed by atoms with Crippen molar-refractivity contribution in [1.29, 1.82) is 0 Å². The molecule has 2 fully saturated rings. The molecule has 0 aliphatic carbocycles. The molecule has 0 saturated carbocycles. The zero-order chi connectivity index (χ0) is 14.8. The second-order valence-electron chi connectivity index (χ2n) is 5.61. The molecule has 2 atom stereocenters. The first-order chi connectivity index (χ1) is 10.1. The van der Waals surface area contributed by atoms with Crippen molar-refractivity contribution in [2.24, 2.45) is 5.73 Å². The number of amides is 2. The van der Waals surface area contributed by atoms with E-state index in [-0.39, 0.29) is 17.6 Å². The number of nitrogens with two attached hydrogens (primary N) is 1. The number of primary amides is 1. The standard InChI is InChI=1S/C14H19N5O2/c15-13(20)12-8-16-9(7-18-12)6-17-11-5-10-3-1-2-4-19(10)14(11)21/h7-8,10-11,17H,1-6H2,(H2,15,20). The monoisotopic (exact) mass is 289 g/mol. The maximum Gasteiger partial charge on any atom is 0.268 e. The third-order valence-electron chi connectivity index (χ3n) is 4.20. The Bertz CT molecular complexity index is 545. The first-order valence-electron chi connectivity index (χ1n) is 7.30. The van der Waals surface area contributed by atoms with Crippen LogP contribution in [0.25, 0.3) is 0 Å². The van der Waals surface area contributed by atoms with Crippen molar-refractivity contribution in [3.8, 4) is 0 Å². The van der Waals surface area contributed by atoms with Gasteiger partial charge in [0, 0.05) is 19.1 Å². The molecule has 7 nitrogen and oxygen atoms in total. The summed E-state index contributed by atoms with van der Waals surface area (Å²) in [5, 5.41) is 3.24. The van der Waals surface area contributed by atoms with Crippen LogP contribution >= 0.6 is 0 Å². The van der Waals surface area contributed by atoms with Crippen LogP contribution in [-0.4, -0.2) is 45.3 Å². The number of carbonyl (C=O) groups is 2. The summed E-state index contributed by atoms with van der Waals surface area (Å²) in [7, 11) is 0. The van der Waals surface area contributed by atoms with Crippen LogP contribution < -0.4 is 11.1 Å². The van der Waals surface area contributed by atoms with E-state index in [1.54, 1.807) is 0 Å². The van der Waals surface area contributed by atoms with E-state index >= 15 is 0 Å². The van der Waals surface area contributed by atoms with Crippen molar-refractivity contribution in [3.05, 3.63) is 23.8 Å². The quantitative estimate of drug-likeness (QED) is 0.800. The Morgan fingerprint density at radius 2 is 2.24 bits per heavy atom. The van der Waals surface area contributed by atoms with Gasteiger partial charge >= 0.3 is 0 Å². The predicted octanol–water partition coefficient (Wildman–Crippen LogP) is -0.182. The Morgan fingerprint density at radius 3 is 2.90 bits per heavy atom. The summed E-state index contributed by atoms with van der Waals surface area (Å²) in [4.78, 5) is 33.3. The smallest absolute Gasteiger partial charge is 0.268 e. The fourth-order valence-electron chi connectivity index (χ4n) is 3.08. The Labute approximate surface area is 122 Å². The minimum atomic E-state index is -0.593. The summed E-state index contributed by atoms with van der Waals surface area (Å²) in [6.07, 6.45) is 7.16. The minimum Gasteiger partial charge on any atom is -0.364 e. The van der Waals surface area contributed by atoms with E-state index in [1.807, 2.05) is 4.90 Å². The van der Waals surface area contributed by atoms with Gasteiger partial charge in [-0.1, -0.05) is 0 Å². The highest BCUT2D eigenvalue weighted by atomic mass is 16.2. The van der Waals surface area contributed by atoms with Gasteiger partial charge < -0.3 is 16.0 Å². The second kappa shape index (κ2) is 5.77. The predicted molar refractivity (Wildman–Crippen MR) is 75.1 cm³/mol. The van der Waals surface area contributed by atoms with Gasteiger partial charge in [-0.25, -0.2) is 4.98 Å². The maximum absolute atomic E-state index is 12.3. The lowest BCUT2D eigenvalue weighted by Gasteiger charge is -2.29. The highest BCUT2D eigenvalue weighted by molar-refractivity contribution is 5.90. The zero-order valence-corrected chi connectivity index (χ0v) is 11.8. The molecule has 0 aromatic carbocycles. The zero-order valence-electron chi connectivity index (χ0n) is 11.8. The summed E-state index contributed by atoms with van der Waals surface area (Å²) < 4.78 is 0. The van der Waals surface area contributed by atoms with Gasteiger partial charge in [-0.15, -0.1) is 0 Å².